The van der Waals surface area contributed by atoms with Crippen molar-refractivity contribution in [1.82, 2.24) is 34.9 Å². The molecule has 22 aromatic carbocycles. The van der Waals surface area contributed by atoms with E-state index in [-0.39, 0.29) is 0 Å². The summed E-state index contributed by atoms with van der Waals surface area (Å²) in [7, 11) is 0. The van der Waals surface area contributed by atoms with E-state index in [1.54, 1.807) is 0 Å². The standard InChI is InChI=1S/C58H36N2S.C44H28N2S.C33H21N3S/c1-2-10-41(11-3-1)54-36-55(42-26-22-38(23-27-42)37-18-20-39(21-19-37)45-31-33-57-53(35-45)51-16-8-9-17-56(51)61-57)60-58(59-54)43-28-24-40(25-29-43)44-30-32-50-48-14-5-4-12-46(48)47-13-6-7-15-49(47)52(50)34-44;1-3-11-31(12-4-1)40-28-41(46-44(45-40)32-13-5-2-6-14-32)37-25-24-34(35-15-7-8-16-36(35)37)30-21-19-29(20-22-30)33-23-26-43-39(27-33)38-17-9-10-18-42(38)47-43;1-3-10-22(11-4-1)31-34-32(23-12-5-2-6-13-23)36-33(35-31)26-15-9-14-24(20-26)25-18-19-30-28(21-25)27-16-7-8-17-29(27)37-30/h1-36H;1-28H;1-21H. The SMILES string of the molecule is c1ccc(-c2cc(-c3ccc(-c4ccc(-c5ccc6sc7ccccc7c6c5)cc4)c4ccccc34)nc(-c3ccccc3)n2)cc1.c1ccc(-c2cc(-c3ccc(-c4ccc(-c5ccc6sc7ccccc7c6c5)cc4)cc3)nc(-c3ccc(-c4ccc5c6ccccc6c6ccccc6c5c4)cc3)n2)cc1.c1ccc(-c2nc(-c3ccccc3)nc(-c3cccc(-c4ccc5sc6ccccc6c5c4)c3)n2)cc1. The number of hydrogen-bond donors (Lipinski definition) is 0. The van der Waals surface area contributed by atoms with Gasteiger partial charge in [-0.05, 0) is 189 Å². The summed E-state index contributed by atoms with van der Waals surface area (Å²) in [6.45, 7) is 0. The fourth-order valence-corrected chi connectivity index (χ4v) is 23.5. The number of rotatable bonds is 15. The lowest BCUT2D eigenvalue weighted by molar-refractivity contribution is 1.07. The van der Waals surface area contributed by atoms with Crippen LogP contribution in [-0.2, 0) is 0 Å². The summed E-state index contributed by atoms with van der Waals surface area (Å²) in [6, 6.07) is 183. The van der Waals surface area contributed by atoms with Crippen LogP contribution in [0.4, 0.5) is 0 Å². The van der Waals surface area contributed by atoms with Gasteiger partial charge in [-0.2, -0.15) is 0 Å². The van der Waals surface area contributed by atoms with Gasteiger partial charge in [0.05, 0.1) is 22.8 Å². The Morgan fingerprint density at radius 1 is 0.103 bits per heavy atom. The molecule has 28 aromatic rings. The number of aromatic nitrogens is 7. The van der Waals surface area contributed by atoms with Crippen molar-refractivity contribution in [3.8, 4) is 169 Å². The zero-order chi connectivity index (χ0) is 96.0. The lowest BCUT2D eigenvalue weighted by atomic mass is 9.92. The van der Waals surface area contributed by atoms with Gasteiger partial charge in [-0.3, -0.25) is 0 Å². The second kappa shape index (κ2) is 38.0. The first-order chi connectivity index (χ1) is 71.8. The molecule has 0 amide bonds. The zero-order valence-electron chi connectivity index (χ0n) is 78.4. The first-order valence-corrected chi connectivity index (χ1v) is 51.2. The molecule has 0 saturated carbocycles. The third-order valence-electron chi connectivity index (χ3n) is 27.6. The van der Waals surface area contributed by atoms with Crippen LogP contribution in [0.5, 0.6) is 0 Å². The molecule has 0 N–H and O–H groups in total. The van der Waals surface area contributed by atoms with Gasteiger partial charge in [0.25, 0.3) is 0 Å². The average molecular weight is 1900 g/mol. The third-order valence-corrected chi connectivity index (χ3v) is 31.0. The minimum absolute atomic E-state index is 0.664. The Bertz CT molecular complexity index is 9630. The third kappa shape index (κ3) is 17.2. The predicted octanol–water partition coefficient (Wildman–Crippen LogP) is 37.5. The maximum Gasteiger partial charge on any atom is 0.164 e. The van der Waals surface area contributed by atoms with Gasteiger partial charge in [0.15, 0.2) is 29.1 Å². The Morgan fingerprint density at radius 3 is 0.745 bits per heavy atom. The molecule has 0 saturated heterocycles. The van der Waals surface area contributed by atoms with Gasteiger partial charge in [-0.25, -0.2) is 34.9 Å². The summed E-state index contributed by atoms with van der Waals surface area (Å²) in [5.41, 5.74) is 27.0. The Labute approximate surface area is 850 Å². The number of fused-ring (bicyclic) bond motifs is 16. The van der Waals surface area contributed by atoms with Crippen LogP contribution < -0.4 is 0 Å². The molecular weight excluding hydrogens is 1820 g/mol. The van der Waals surface area contributed by atoms with Gasteiger partial charge in [0, 0.05) is 111 Å². The van der Waals surface area contributed by atoms with Crippen LogP contribution in [0.25, 0.3) is 272 Å². The first kappa shape index (κ1) is 87.0. The molecule has 0 aliphatic heterocycles. The molecule has 0 unspecified atom stereocenters. The lowest BCUT2D eigenvalue weighted by Gasteiger charge is -2.14. The van der Waals surface area contributed by atoms with Gasteiger partial charge in [0.1, 0.15) is 0 Å². The van der Waals surface area contributed by atoms with Crippen LogP contribution in [0.3, 0.4) is 0 Å². The highest BCUT2D eigenvalue weighted by molar-refractivity contribution is 7.26. The number of benzene rings is 22. The number of nitrogens with zero attached hydrogens (tertiary/aromatic N) is 7. The summed E-state index contributed by atoms with van der Waals surface area (Å²) < 4.78 is 7.94. The quantitative estimate of drug-likeness (QED) is 0.0945. The molecule has 0 fully saturated rings. The van der Waals surface area contributed by atoms with Crippen LogP contribution >= 0.6 is 34.0 Å². The number of hydrogen-bond acceptors (Lipinski definition) is 10. The molecule has 7 nitrogen and oxygen atoms in total. The van der Waals surface area contributed by atoms with E-state index in [0.29, 0.717) is 23.3 Å². The van der Waals surface area contributed by atoms with Crippen molar-refractivity contribution in [3.63, 3.8) is 0 Å². The fourth-order valence-electron chi connectivity index (χ4n) is 20.2. The van der Waals surface area contributed by atoms with Gasteiger partial charge in [-0.15, -0.1) is 34.0 Å². The van der Waals surface area contributed by atoms with Crippen molar-refractivity contribution in [2.24, 2.45) is 0 Å². The highest BCUT2D eigenvalue weighted by atomic mass is 32.1. The average Bonchev–Trinajstić information content (AvgIpc) is 1.36. The molecule has 0 bridgehead atoms. The topological polar surface area (TPSA) is 90.2 Å². The molecule has 0 aliphatic rings. The molecule has 0 aliphatic carbocycles. The van der Waals surface area contributed by atoms with Crippen molar-refractivity contribution >= 4 is 138 Å². The van der Waals surface area contributed by atoms with E-state index in [4.69, 9.17) is 34.9 Å². The van der Waals surface area contributed by atoms with E-state index in [1.165, 1.54) is 154 Å². The summed E-state index contributed by atoms with van der Waals surface area (Å²) in [5.74, 6) is 3.42. The zero-order valence-corrected chi connectivity index (χ0v) is 80.9. The second-order valence-electron chi connectivity index (χ2n) is 36.4. The maximum atomic E-state index is 5.18. The molecule has 678 valence electrons. The summed E-state index contributed by atoms with van der Waals surface area (Å²) in [5, 5.41) is 17.9. The minimum atomic E-state index is 0.664. The molecular formula is C135H85N7S3. The Morgan fingerprint density at radius 2 is 0.331 bits per heavy atom. The molecule has 0 radical (unpaired) electrons. The largest absolute Gasteiger partial charge is 0.228 e. The van der Waals surface area contributed by atoms with Gasteiger partial charge < -0.3 is 0 Å². The van der Waals surface area contributed by atoms with Crippen molar-refractivity contribution in [2.75, 3.05) is 0 Å². The minimum Gasteiger partial charge on any atom is -0.228 e. The Hall–Kier alpha value is -18.3. The van der Waals surface area contributed by atoms with Crippen molar-refractivity contribution in [1.29, 1.82) is 0 Å². The highest BCUT2D eigenvalue weighted by Gasteiger charge is 2.22. The lowest BCUT2D eigenvalue weighted by Crippen LogP contribution is -2.00. The maximum absolute atomic E-state index is 5.18. The molecule has 28 rings (SSSR count). The van der Waals surface area contributed by atoms with Crippen LogP contribution in [-0.4, -0.2) is 34.9 Å². The molecule has 6 aromatic heterocycles. The van der Waals surface area contributed by atoms with Crippen LogP contribution in [0.2, 0.25) is 0 Å². The number of thiophene rings is 3. The Balaban J connectivity index is 0.000000114. The monoisotopic (exact) mass is 1900 g/mol. The van der Waals surface area contributed by atoms with Crippen LogP contribution in [0.1, 0.15) is 0 Å². The summed E-state index contributed by atoms with van der Waals surface area (Å²) in [6.07, 6.45) is 0. The molecule has 6 heterocycles. The van der Waals surface area contributed by atoms with E-state index in [9.17, 15) is 0 Å². The van der Waals surface area contributed by atoms with Gasteiger partial charge in [0.2, 0.25) is 0 Å². The van der Waals surface area contributed by atoms with Gasteiger partial charge in [-0.1, -0.05) is 437 Å². The highest BCUT2D eigenvalue weighted by Crippen LogP contribution is 2.46. The van der Waals surface area contributed by atoms with Crippen molar-refractivity contribution in [3.05, 3.63) is 516 Å². The molecule has 0 atom stereocenters. The van der Waals surface area contributed by atoms with E-state index in [1.807, 2.05) is 125 Å². The van der Waals surface area contributed by atoms with E-state index < -0.39 is 0 Å². The predicted molar refractivity (Wildman–Crippen MR) is 614 cm³/mol. The van der Waals surface area contributed by atoms with E-state index >= 15 is 0 Å². The smallest absolute Gasteiger partial charge is 0.164 e. The van der Waals surface area contributed by atoms with E-state index in [2.05, 4.69) is 425 Å². The summed E-state index contributed by atoms with van der Waals surface area (Å²) >= 11 is 5.55. The van der Waals surface area contributed by atoms with Crippen molar-refractivity contribution in [2.45, 2.75) is 0 Å². The van der Waals surface area contributed by atoms with Crippen molar-refractivity contribution < 1.29 is 0 Å². The first-order valence-electron chi connectivity index (χ1n) is 48.7. The van der Waals surface area contributed by atoms with Crippen LogP contribution in [0.15, 0.2) is 516 Å². The molecule has 0 spiro atoms. The summed E-state index contributed by atoms with van der Waals surface area (Å²) in [4.78, 5) is 35.0. The molecule has 10 heteroatoms. The second-order valence-corrected chi connectivity index (χ2v) is 39.7. The Kier molecular flexibility index (Phi) is 22.8. The molecule has 145 heavy (non-hydrogen) atoms. The fraction of sp³-hybridized carbons (Fsp3) is 0. The van der Waals surface area contributed by atoms with Gasteiger partial charge >= 0.3 is 0 Å². The van der Waals surface area contributed by atoms with E-state index in [0.717, 1.165) is 95.4 Å². The normalized spacial score (nSPS) is 11.4. The van der Waals surface area contributed by atoms with Crippen LogP contribution in [0, 0.1) is 0 Å².